The van der Waals surface area contributed by atoms with E-state index in [1.807, 2.05) is 0 Å². The molecule has 0 aliphatic rings. The van der Waals surface area contributed by atoms with Crippen LogP contribution in [0.15, 0.2) is 11.7 Å². The molecule has 0 nitrogen and oxygen atoms in total. The summed E-state index contributed by atoms with van der Waals surface area (Å²) in [5.74, 6) is -13.9. The molecule has 0 radical (unpaired) electrons. The van der Waals surface area contributed by atoms with E-state index in [4.69, 9.17) is 0 Å². The minimum absolute atomic E-state index is 0.00630. The first-order valence-electron chi connectivity index (χ1n) is 2.88. The maximum absolute atomic E-state index is 12.1. The number of allylic oxidation sites excluding steroid dienone is 2. The summed E-state index contributed by atoms with van der Waals surface area (Å²) in [5.41, 5.74) is 0. The van der Waals surface area contributed by atoms with Crippen molar-refractivity contribution in [2.45, 2.75) is 25.7 Å². The van der Waals surface area contributed by atoms with Crippen LogP contribution in [0.4, 0.5) is 26.3 Å². The molecule has 12 heavy (non-hydrogen) atoms. The van der Waals surface area contributed by atoms with Crippen LogP contribution in [0.2, 0.25) is 0 Å². The van der Waals surface area contributed by atoms with E-state index in [0.717, 1.165) is 0 Å². The number of halogens is 6. The van der Waals surface area contributed by atoms with Gasteiger partial charge in [-0.15, -0.1) is 0 Å². The van der Waals surface area contributed by atoms with Gasteiger partial charge in [-0.3, -0.25) is 0 Å². The molecule has 0 spiro atoms. The van der Waals surface area contributed by atoms with E-state index in [1.54, 1.807) is 0 Å². The van der Waals surface area contributed by atoms with Crippen LogP contribution >= 0.6 is 0 Å². The van der Waals surface area contributed by atoms with Crippen molar-refractivity contribution in [1.29, 1.82) is 0 Å². The van der Waals surface area contributed by atoms with Crippen LogP contribution in [-0.4, -0.2) is 11.8 Å². The second-order valence-corrected chi connectivity index (χ2v) is 2.40. The summed E-state index contributed by atoms with van der Waals surface area (Å²) >= 11 is 0. The van der Waals surface area contributed by atoms with Crippen molar-refractivity contribution in [1.82, 2.24) is 0 Å². The molecule has 0 unspecified atom stereocenters. The lowest BCUT2D eigenvalue weighted by Gasteiger charge is -2.12. The largest absolute Gasteiger partial charge is 0.298 e. The van der Waals surface area contributed by atoms with Gasteiger partial charge in [0.15, 0.2) is 0 Å². The van der Waals surface area contributed by atoms with Crippen molar-refractivity contribution in [2.75, 3.05) is 0 Å². The minimum Gasteiger partial charge on any atom is -0.202 e. The van der Waals surface area contributed by atoms with E-state index in [-0.39, 0.29) is 13.8 Å². The van der Waals surface area contributed by atoms with Crippen LogP contribution in [0.1, 0.15) is 13.8 Å². The molecule has 0 aliphatic carbocycles. The van der Waals surface area contributed by atoms with Gasteiger partial charge in [-0.05, 0) is 0 Å². The smallest absolute Gasteiger partial charge is 0.202 e. The molecule has 0 aromatic heterocycles. The highest BCUT2D eigenvalue weighted by atomic mass is 19.3. The van der Waals surface area contributed by atoms with Crippen molar-refractivity contribution in [3.05, 3.63) is 11.7 Å². The zero-order chi connectivity index (χ0) is 10.2. The zero-order valence-corrected chi connectivity index (χ0v) is 6.27. The molecule has 0 bridgehead atoms. The lowest BCUT2D eigenvalue weighted by atomic mass is 10.2. The second-order valence-electron chi connectivity index (χ2n) is 2.40. The Labute approximate surface area is 64.9 Å². The summed E-state index contributed by atoms with van der Waals surface area (Å²) in [6.45, 7) is -0.0126. The number of alkyl halides is 4. The third-order valence-electron chi connectivity index (χ3n) is 0.964. The molecule has 0 aromatic carbocycles. The molecule has 0 heterocycles. The van der Waals surface area contributed by atoms with Crippen molar-refractivity contribution in [3.63, 3.8) is 0 Å². The number of rotatable bonds is 2. The van der Waals surface area contributed by atoms with E-state index >= 15 is 0 Å². The fourth-order valence-electron chi connectivity index (χ4n) is 0.385. The van der Waals surface area contributed by atoms with Crippen LogP contribution in [0.25, 0.3) is 0 Å². The molecule has 0 amide bonds. The molecular weight excluding hydrogens is 186 g/mol. The fourth-order valence-corrected chi connectivity index (χ4v) is 0.385. The van der Waals surface area contributed by atoms with E-state index in [1.165, 1.54) is 0 Å². The highest BCUT2D eigenvalue weighted by Gasteiger charge is 2.40. The second kappa shape index (κ2) is 2.99. The molecule has 0 saturated heterocycles. The average molecular weight is 192 g/mol. The van der Waals surface area contributed by atoms with E-state index in [2.05, 4.69) is 0 Å². The Hall–Kier alpha value is -0.680. The lowest BCUT2D eigenvalue weighted by molar-refractivity contribution is 0.00121. The predicted molar refractivity (Wildman–Crippen MR) is 30.5 cm³/mol. The Morgan fingerprint density at radius 3 is 1.00 bits per heavy atom. The molecule has 0 N–H and O–H groups in total. The number of hydrogen-bond acceptors (Lipinski definition) is 0. The van der Waals surface area contributed by atoms with Crippen LogP contribution in [0, 0.1) is 0 Å². The third kappa shape index (κ3) is 2.75. The van der Waals surface area contributed by atoms with Gasteiger partial charge in [0, 0.05) is 13.8 Å². The summed E-state index contributed by atoms with van der Waals surface area (Å²) in [7, 11) is 0. The van der Waals surface area contributed by atoms with Crippen LogP contribution in [0.5, 0.6) is 0 Å². The molecule has 72 valence electrons. The van der Waals surface area contributed by atoms with Gasteiger partial charge in [0.1, 0.15) is 0 Å². The molecule has 0 aromatic rings. The zero-order valence-electron chi connectivity index (χ0n) is 6.27. The van der Waals surface area contributed by atoms with Gasteiger partial charge in [0.05, 0.1) is 0 Å². The van der Waals surface area contributed by atoms with Gasteiger partial charge in [0.2, 0.25) is 11.7 Å². The topological polar surface area (TPSA) is 0 Å². The van der Waals surface area contributed by atoms with Crippen LogP contribution in [-0.2, 0) is 0 Å². The summed E-state index contributed by atoms with van der Waals surface area (Å²) in [6.07, 6.45) is 0. The summed E-state index contributed by atoms with van der Waals surface area (Å²) < 4.78 is 71.7. The van der Waals surface area contributed by atoms with Crippen molar-refractivity contribution in [2.24, 2.45) is 0 Å². The Morgan fingerprint density at radius 2 is 0.917 bits per heavy atom. The highest BCUT2D eigenvalue weighted by Crippen LogP contribution is 2.35. The molecule has 6 heteroatoms. The molecule has 0 aliphatic heterocycles. The first-order valence-corrected chi connectivity index (χ1v) is 2.88. The van der Waals surface area contributed by atoms with Gasteiger partial charge in [-0.1, -0.05) is 0 Å². The van der Waals surface area contributed by atoms with Gasteiger partial charge in [-0.2, -0.15) is 17.6 Å². The van der Waals surface area contributed by atoms with Gasteiger partial charge < -0.3 is 0 Å². The monoisotopic (exact) mass is 192 g/mol. The summed E-state index contributed by atoms with van der Waals surface area (Å²) in [5, 5.41) is 0. The SMILES string of the molecule is CC(F)(F)/C(F)=C(\F)C(C)(F)F. The van der Waals surface area contributed by atoms with Gasteiger partial charge >= 0.3 is 0 Å². The van der Waals surface area contributed by atoms with Crippen molar-refractivity contribution in [3.8, 4) is 0 Å². The Kier molecular flexibility index (Phi) is 2.82. The molecule has 0 atom stereocenters. The van der Waals surface area contributed by atoms with Gasteiger partial charge in [0.25, 0.3) is 11.8 Å². The van der Waals surface area contributed by atoms with Gasteiger partial charge in [-0.25, -0.2) is 8.78 Å². The Morgan fingerprint density at radius 1 is 0.750 bits per heavy atom. The quantitative estimate of drug-likeness (QED) is 0.588. The van der Waals surface area contributed by atoms with Crippen molar-refractivity contribution < 1.29 is 26.3 Å². The average Bonchev–Trinajstić information content (AvgIpc) is 1.80. The molecule has 0 saturated carbocycles. The number of hydrogen-bond donors (Lipinski definition) is 0. The van der Waals surface area contributed by atoms with E-state index in [9.17, 15) is 26.3 Å². The maximum atomic E-state index is 12.1. The van der Waals surface area contributed by atoms with E-state index in [0.29, 0.717) is 0 Å². The van der Waals surface area contributed by atoms with E-state index < -0.39 is 23.5 Å². The van der Waals surface area contributed by atoms with Crippen LogP contribution < -0.4 is 0 Å². The normalized spacial score (nSPS) is 16.0. The standard InChI is InChI=1S/C6H6F6/c1-5(9,10)3(7)4(8)6(2,11)12/h1-2H3/b4-3+. The highest BCUT2D eigenvalue weighted by molar-refractivity contribution is 5.13. The lowest BCUT2D eigenvalue weighted by Crippen LogP contribution is -2.19. The summed E-state index contributed by atoms with van der Waals surface area (Å²) in [4.78, 5) is 0. The van der Waals surface area contributed by atoms with Crippen molar-refractivity contribution >= 4 is 0 Å². The third-order valence-corrected chi connectivity index (χ3v) is 0.964. The molecule has 0 fully saturated rings. The summed E-state index contributed by atoms with van der Waals surface area (Å²) in [6, 6.07) is 0. The first kappa shape index (κ1) is 11.3. The van der Waals surface area contributed by atoms with Crippen LogP contribution in [0.3, 0.4) is 0 Å². The predicted octanol–water partition coefficient (Wildman–Crippen LogP) is 3.45. The minimum atomic E-state index is -4.20. The Balaban J connectivity index is 4.96. The molecular formula is C6H6F6. The molecule has 0 rings (SSSR count). The first-order chi connectivity index (χ1) is 5.07. The maximum Gasteiger partial charge on any atom is 0.298 e. The fraction of sp³-hybridized carbons (Fsp3) is 0.667. The Bertz CT molecular complexity index is 171.